The molecule has 0 spiro atoms. The Labute approximate surface area is 144 Å². The number of aliphatic hydroxyl groups is 1. The first-order chi connectivity index (χ1) is 11.7. The Morgan fingerprint density at radius 1 is 1.36 bits per heavy atom. The van der Waals surface area contributed by atoms with Crippen LogP contribution in [-0.4, -0.2) is 38.1 Å². The van der Waals surface area contributed by atoms with E-state index in [2.05, 4.69) is 10.2 Å². The maximum atomic E-state index is 12.8. The number of phenols is 1. The van der Waals surface area contributed by atoms with Crippen molar-refractivity contribution in [2.24, 2.45) is 5.92 Å². The predicted octanol–water partition coefficient (Wildman–Crippen LogP) is 1.42. The molecule has 4 N–H and O–H groups in total. The standard InChI is InChI=1S/C18H22N2O5/c1-9(2)25-17(23)15-13(10-5-4-6-11(21)7-10)14-12(8-18(15,3)24)19-20-16(14)22/h4-7,9,13,15,21,24H,8H2,1-3H3,(H2,19,20,22)/t13-,15-,18-/m0/s1. The second-order valence-electron chi connectivity index (χ2n) is 7.04. The molecule has 0 saturated carbocycles. The van der Waals surface area contributed by atoms with E-state index in [1.807, 2.05) is 0 Å². The third-order valence-corrected chi connectivity index (χ3v) is 4.58. The van der Waals surface area contributed by atoms with Crippen LogP contribution < -0.4 is 5.56 Å². The number of aromatic amines is 2. The van der Waals surface area contributed by atoms with Gasteiger partial charge in [0.25, 0.3) is 5.56 Å². The van der Waals surface area contributed by atoms with Gasteiger partial charge in [-0.05, 0) is 38.5 Å². The number of aromatic hydroxyl groups is 1. The van der Waals surface area contributed by atoms with Gasteiger partial charge in [0.2, 0.25) is 0 Å². The van der Waals surface area contributed by atoms with E-state index in [9.17, 15) is 19.8 Å². The lowest BCUT2D eigenvalue weighted by Crippen LogP contribution is -2.50. The van der Waals surface area contributed by atoms with Crippen LogP contribution in [-0.2, 0) is 16.0 Å². The fourth-order valence-corrected chi connectivity index (χ4v) is 3.64. The molecular weight excluding hydrogens is 324 g/mol. The van der Waals surface area contributed by atoms with Crippen molar-refractivity contribution in [3.8, 4) is 5.75 Å². The molecule has 0 radical (unpaired) electrons. The lowest BCUT2D eigenvalue weighted by Gasteiger charge is -2.40. The Morgan fingerprint density at radius 2 is 2.08 bits per heavy atom. The summed E-state index contributed by atoms with van der Waals surface area (Å²) in [5.74, 6) is -2.25. The minimum Gasteiger partial charge on any atom is -0.508 e. The number of esters is 1. The second-order valence-corrected chi connectivity index (χ2v) is 7.04. The third-order valence-electron chi connectivity index (χ3n) is 4.58. The molecular formula is C18H22N2O5. The number of hydrogen-bond acceptors (Lipinski definition) is 5. The van der Waals surface area contributed by atoms with E-state index in [-0.39, 0.29) is 23.8 Å². The van der Waals surface area contributed by atoms with E-state index in [1.54, 1.807) is 32.9 Å². The quantitative estimate of drug-likeness (QED) is 0.627. The van der Waals surface area contributed by atoms with Crippen LogP contribution in [0.4, 0.5) is 0 Å². The van der Waals surface area contributed by atoms with Crippen molar-refractivity contribution in [1.82, 2.24) is 10.2 Å². The molecule has 0 saturated heterocycles. The molecule has 3 rings (SSSR count). The molecule has 1 aromatic carbocycles. The number of H-pyrrole nitrogens is 2. The molecule has 0 amide bonds. The number of benzene rings is 1. The largest absolute Gasteiger partial charge is 0.508 e. The minimum absolute atomic E-state index is 0.0206. The van der Waals surface area contributed by atoms with Gasteiger partial charge in [0.1, 0.15) is 5.75 Å². The van der Waals surface area contributed by atoms with Crippen LogP contribution in [0.5, 0.6) is 5.75 Å². The third kappa shape index (κ3) is 3.07. The first kappa shape index (κ1) is 17.3. The van der Waals surface area contributed by atoms with Gasteiger partial charge in [-0.25, -0.2) is 0 Å². The van der Waals surface area contributed by atoms with Crippen LogP contribution in [0.3, 0.4) is 0 Å². The van der Waals surface area contributed by atoms with Crippen LogP contribution in [0, 0.1) is 5.92 Å². The molecule has 1 aromatic heterocycles. The molecule has 2 aromatic rings. The number of rotatable bonds is 3. The van der Waals surface area contributed by atoms with Crippen LogP contribution in [0.2, 0.25) is 0 Å². The average Bonchev–Trinajstić information content (AvgIpc) is 2.84. The summed E-state index contributed by atoms with van der Waals surface area (Å²) in [5, 5.41) is 26.1. The number of aromatic nitrogens is 2. The first-order valence-electron chi connectivity index (χ1n) is 8.22. The Balaban J connectivity index is 2.20. The highest BCUT2D eigenvalue weighted by molar-refractivity contribution is 5.77. The van der Waals surface area contributed by atoms with Gasteiger partial charge >= 0.3 is 5.97 Å². The molecule has 3 atom stereocenters. The van der Waals surface area contributed by atoms with Crippen molar-refractivity contribution in [3.63, 3.8) is 0 Å². The summed E-state index contributed by atoms with van der Waals surface area (Å²) in [6.45, 7) is 5.02. The van der Waals surface area contributed by atoms with Crippen molar-refractivity contribution in [2.75, 3.05) is 0 Å². The number of carbonyl (C=O) groups excluding carboxylic acids is 1. The Kier molecular flexibility index (Phi) is 4.20. The highest BCUT2D eigenvalue weighted by Gasteiger charge is 2.51. The molecule has 0 fully saturated rings. The molecule has 25 heavy (non-hydrogen) atoms. The van der Waals surface area contributed by atoms with E-state index in [0.29, 0.717) is 16.8 Å². The lowest BCUT2D eigenvalue weighted by molar-refractivity contribution is -0.163. The number of phenolic OH excluding ortho intramolecular Hbond substituents is 1. The zero-order valence-corrected chi connectivity index (χ0v) is 14.4. The summed E-state index contributed by atoms with van der Waals surface area (Å²) in [7, 11) is 0. The van der Waals surface area contributed by atoms with Gasteiger partial charge < -0.3 is 20.0 Å². The smallest absolute Gasteiger partial charge is 0.313 e. The summed E-state index contributed by atoms with van der Waals surface area (Å²) in [6, 6.07) is 6.36. The molecule has 1 aliphatic rings. The van der Waals surface area contributed by atoms with E-state index in [4.69, 9.17) is 4.74 Å². The number of ether oxygens (including phenoxy) is 1. The number of carbonyl (C=O) groups is 1. The second kappa shape index (κ2) is 6.07. The van der Waals surface area contributed by atoms with Gasteiger partial charge in [-0.1, -0.05) is 12.1 Å². The van der Waals surface area contributed by atoms with Crippen LogP contribution >= 0.6 is 0 Å². The number of hydrogen-bond donors (Lipinski definition) is 4. The topological polar surface area (TPSA) is 115 Å². The maximum absolute atomic E-state index is 12.8. The van der Waals surface area contributed by atoms with Gasteiger partial charge in [0.05, 0.1) is 17.6 Å². The SMILES string of the molecule is CC(C)OC(=O)[C@@H]1[C@@H](c2cccc(O)c2)c2c([nH][nH]c2=O)C[C@]1(C)O. The van der Waals surface area contributed by atoms with Crippen molar-refractivity contribution in [3.05, 3.63) is 51.4 Å². The molecule has 1 aliphatic carbocycles. The summed E-state index contributed by atoms with van der Waals surface area (Å²) < 4.78 is 5.35. The van der Waals surface area contributed by atoms with Gasteiger partial charge in [-0.2, -0.15) is 0 Å². The van der Waals surface area contributed by atoms with Crippen LogP contribution in [0.15, 0.2) is 29.1 Å². The Hall–Kier alpha value is -2.54. The Morgan fingerprint density at radius 3 is 2.72 bits per heavy atom. The molecule has 0 aliphatic heterocycles. The summed E-state index contributed by atoms with van der Waals surface area (Å²) >= 11 is 0. The minimum atomic E-state index is -1.42. The zero-order chi connectivity index (χ0) is 18.4. The molecule has 7 heteroatoms. The van der Waals surface area contributed by atoms with Crippen LogP contribution in [0.25, 0.3) is 0 Å². The first-order valence-corrected chi connectivity index (χ1v) is 8.22. The fraction of sp³-hybridized carbons (Fsp3) is 0.444. The van der Waals surface area contributed by atoms with Crippen molar-refractivity contribution in [1.29, 1.82) is 0 Å². The van der Waals surface area contributed by atoms with Crippen LogP contribution in [0.1, 0.15) is 43.5 Å². The number of nitrogens with one attached hydrogen (secondary N) is 2. The van der Waals surface area contributed by atoms with E-state index < -0.39 is 23.4 Å². The lowest BCUT2D eigenvalue weighted by atomic mass is 9.66. The zero-order valence-electron chi connectivity index (χ0n) is 14.4. The summed E-state index contributed by atoms with van der Waals surface area (Å²) in [6.07, 6.45) is -0.229. The van der Waals surface area contributed by atoms with Gasteiger partial charge in [0.15, 0.2) is 0 Å². The molecule has 0 unspecified atom stereocenters. The van der Waals surface area contributed by atoms with E-state index >= 15 is 0 Å². The molecule has 134 valence electrons. The highest BCUT2D eigenvalue weighted by atomic mass is 16.5. The Bertz CT molecular complexity index is 849. The van der Waals surface area contributed by atoms with Crippen molar-refractivity contribution >= 4 is 5.97 Å². The van der Waals surface area contributed by atoms with E-state index in [1.165, 1.54) is 12.1 Å². The summed E-state index contributed by atoms with van der Waals surface area (Å²) in [4.78, 5) is 25.1. The van der Waals surface area contributed by atoms with Crippen molar-refractivity contribution < 1.29 is 19.7 Å². The van der Waals surface area contributed by atoms with Crippen molar-refractivity contribution in [2.45, 2.75) is 44.8 Å². The van der Waals surface area contributed by atoms with E-state index in [0.717, 1.165) is 0 Å². The highest BCUT2D eigenvalue weighted by Crippen LogP contribution is 2.45. The van der Waals surface area contributed by atoms with Gasteiger partial charge in [-0.3, -0.25) is 14.7 Å². The van der Waals surface area contributed by atoms with Gasteiger partial charge in [-0.15, -0.1) is 0 Å². The maximum Gasteiger partial charge on any atom is 0.313 e. The number of fused-ring (bicyclic) bond motifs is 1. The average molecular weight is 346 g/mol. The molecule has 0 bridgehead atoms. The predicted molar refractivity (Wildman–Crippen MR) is 90.4 cm³/mol. The molecule has 1 heterocycles. The summed E-state index contributed by atoms with van der Waals surface area (Å²) in [5.41, 5.74) is -0.252. The fourth-order valence-electron chi connectivity index (χ4n) is 3.64. The normalized spacial score (nSPS) is 25.6. The van der Waals surface area contributed by atoms with Gasteiger partial charge in [0, 0.05) is 23.6 Å². The molecule has 7 nitrogen and oxygen atoms in total. The monoisotopic (exact) mass is 346 g/mol.